The number of amides is 2. The van der Waals surface area contributed by atoms with E-state index in [1.165, 1.54) is 0 Å². The smallest absolute Gasteiger partial charge is 0.319 e. The van der Waals surface area contributed by atoms with Crippen molar-refractivity contribution >= 4 is 17.7 Å². The molecule has 0 aromatic heterocycles. The number of carbonyl (C=O) groups excluding carboxylic acids is 1. The standard InChI is InChI=1S/C12H11F3N2O4/c13-5-1-7(14)10(15)8(2-5)16-12(20)17-9-4-21-3-6(9)11(18)19/h1-2,6,9H,3-4H2,(H,18,19)(H2,16,17,20). The fraction of sp³-hybridized carbons (Fsp3) is 0.333. The Kier molecular flexibility index (Phi) is 4.32. The van der Waals surface area contributed by atoms with E-state index in [0.717, 1.165) is 0 Å². The number of benzene rings is 1. The summed E-state index contributed by atoms with van der Waals surface area (Å²) in [6, 6.07) is -0.855. The van der Waals surface area contributed by atoms with Crippen molar-refractivity contribution < 1.29 is 32.6 Å². The molecule has 0 radical (unpaired) electrons. The topological polar surface area (TPSA) is 87.7 Å². The molecule has 1 aromatic carbocycles. The molecular weight excluding hydrogens is 293 g/mol. The van der Waals surface area contributed by atoms with Crippen LogP contribution in [0.2, 0.25) is 0 Å². The molecule has 1 aliphatic rings. The van der Waals surface area contributed by atoms with Gasteiger partial charge in [0.1, 0.15) is 11.7 Å². The Morgan fingerprint density at radius 3 is 2.62 bits per heavy atom. The van der Waals surface area contributed by atoms with Crippen molar-refractivity contribution in [3.05, 3.63) is 29.6 Å². The van der Waals surface area contributed by atoms with Gasteiger partial charge in [0, 0.05) is 12.1 Å². The first kappa shape index (κ1) is 15.1. The maximum atomic E-state index is 13.4. The van der Waals surface area contributed by atoms with Crippen LogP contribution < -0.4 is 10.6 Å². The van der Waals surface area contributed by atoms with Gasteiger partial charge in [-0.15, -0.1) is 0 Å². The van der Waals surface area contributed by atoms with E-state index in [1.54, 1.807) is 0 Å². The summed E-state index contributed by atoms with van der Waals surface area (Å²) in [7, 11) is 0. The molecule has 0 aliphatic carbocycles. The summed E-state index contributed by atoms with van der Waals surface area (Å²) in [4.78, 5) is 22.5. The molecule has 1 heterocycles. The fourth-order valence-corrected chi connectivity index (χ4v) is 1.91. The average molecular weight is 304 g/mol. The molecule has 1 aromatic rings. The van der Waals surface area contributed by atoms with Gasteiger partial charge < -0.3 is 20.5 Å². The Labute approximate surface area is 116 Å². The second-order valence-corrected chi connectivity index (χ2v) is 4.44. The molecule has 0 bridgehead atoms. The number of nitrogens with one attached hydrogen (secondary N) is 2. The van der Waals surface area contributed by atoms with E-state index in [2.05, 4.69) is 5.32 Å². The van der Waals surface area contributed by atoms with E-state index in [-0.39, 0.29) is 13.2 Å². The number of carboxylic acids is 1. The molecule has 2 rings (SSSR count). The van der Waals surface area contributed by atoms with Crippen LogP contribution in [0.3, 0.4) is 0 Å². The monoisotopic (exact) mass is 304 g/mol. The zero-order valence-corrected chi connectivity index (χ0v) is 10.5. The maximum Gasteiger partial charge on any atom is 0.319 e. The first-order valence-electron chi connectivity index (χ1n) is 5.91. The second-order valence-electron chi connectivity index (χ2n) is 4.44. The zero-order chi connectivity index (χ0) is 15.6. The number of rotatable bonds is 3. The highest BCUT2D eigenvalue weighted by molar-refractivity contribution is 5.90. The molecule has 3 N–H and O–H groups in total. The molecular formula is C12H11F3N2O4. The first-order valence-corrected chi connectivity index (χ1v) is 5.91. The molecule has 2 unspecified atom stereocenters. The highest BCUT2D eigenvalue weighted by Gasteiger charge is 2.35. The normalized spacial score (nSPS) is 21.1. The highest BCUT2D eigenvalue weighted by atomic mass is 19.2. The Bertz CT molecular complexity index is 582. The third-order valence-corrected chi connectivity index (χ3v) is 2.96. The van der Waals surface area contributed by atoms with Gasteiger partial charge in [-0.25, -0.2) is 18.0 Å². The number of halogens is 3. The zero-order valence-electron chi connectivity index (χ0n) is 10.5. The van der Waals surface area contributed by atoms with E-state index in [0.29, 0.717) is 12.1 Å². The lowest BCUT2D eigenvalue weighted by Gasteiger charge is -2.16. The molecule has 2 atom stereocenters. The van der Waals surface area contributed by atoms with Crippen LogP contribution in [0.15, 0.2) is 12.1 Å². The molecule has 114 valence electrons. The van der Waals surface area contributed by atoms with Crippen LogP contribution in [-0.4, -0.2) is 36.4 Å². The van der Waals surface area contributed by atoms with E-state index in [9.17, 15) is 22.8 Å². The third-order valence-electron chi connectivity index (χ3n) is 2.96. The van der Waals surface area contributed by atoms with Gasteiger partial charge in [-0.05, 0) is 0 Å². The summed E-state index contributed by atoms with van der Waals surface area (Å²) in [5, 5.41) is 13.1. The fourth-order valence-electron chi connectivity index (χ4n) is 1.91. The van der Waals surface area contributed by atoms with Crippen LogP contribution in [0.4, 0.5) is 23.7 Å². The van der Waals surface area contributed by atoms with Crippen LogP contribution >= 0.6 is 0 Å². The Hall–Kier alpha value is -2.29. The maximum absolute atomic E-state index is 13.4. The number of hydrogen-bond donors (Lipinski definition) is 3. The third kappa shape index (κ3) is 3.43. The summed E-state index contributed by atoms with van der Waals surface area (Å²) >= 11 is 0. The number of ether oxygens (including phenoxy) is 1. The van der Waals surface area contributed by atoms with Crippen LogP contribution in [0.5, 0.6) is 0 Å². The predicted octanol–water partition coefficient (Wildman–Crippen LogP) is 1.32. The van der Waals surface area contributed by atoms with Crippen molar-refractivity contribution in [2.75, 3.05) is 18.5 Å². The van der Waals surface area contributed by atoms with E-state index >= 15 is 0 Å². The average Bonchev–Trinajstić information content (AvgIpc) is 2.83. The van der Waals surface area contributed by atoms with Crippen LogP contribution in [-0.2, 0) is 9.53 Å². The summed E-state index contributed by atoms with van der Waals surface area (Å²) in [6.45, 7) is -0.0897. The number of hydrogen-bond acceptors (Lipinski definition) is 3. The van der Waals surface area contributed by atoms with Crippen molar-refractivity contribution in [1.82, 2.24) is 5.32 Å². The van der Waals surface area contributed by atoms with E-state index in [1.807, 2.05) is 5.32 Å². The van der Waals surface area contributed by atoms with Gasteiger partial charge in [-0.3, -0.25) is 4.79 Å². The van der Waals surface area contributed by atoms with Gasteiger partial charge in [-0.1, -0.05) is 0 Å². The summed E-state index contributed by atoms with van der Waals surface area (Å²) in [5.41, 5.74) is -0.684. The van der Waals surface area contributed by atoms with Crippen molar-refractivity contribution in [3.8, 4) is 0 Å². The molecule has 21 heavy (non-hydrogen) atoms. The Morgan fingerprint density at radius 2 is 1.95 bits per heavy atom. The van der Waals surface area contributed by atoms with Gasteiger partial charge >= 0.3 is 12.0 Å². The second kappa shape index (κ2) is 6.00. The summed E-state index contributed by atoms with van der Waals surface area (Å²) in [6.07, 6.45) is 0. The number of aliphatic carboxylic acids is 1. The van der Waals surface area contributed by atoms with E-state index in [4.69, 9.17) is 9.84 Å². The number of carbonyl (C=O) groups is 2. The van der Waals surface area contributed by atoms with Gasteiger partial charge in [-0.2, -0.15) is 0 Å². The number of carboxylic acid groups (broad SMARTS) is 1. The summed E-state index contributed by atoms with van der Waals surface area (Å²) < 4.78 is 44.2. The molecule has 0 saturated carbocycles. The molecule has 1 aliphatic heterocycles. The summed E-state index contributed by atoms with van der Waals surface area (Å²) in [5.74, 6) is -6.01. The van der Waals surface area contributed by atoms with Crippen LogP contribution in [0, 0.1) is 23.4 Å². The molecule has 1 saturated heterocycles. The largest absolute Gasteiger partial charge is 0.481 e. The molecule has 2 amide bonds. The minimum Gasteiger partial charge on any atom is -0.481 e. The van der Waals surface area contributed by atoms with Gasteiger partial charge in [0.15, 0.2) is 11.6 Å². The van der Waals surface area contributed by atoms with Gasteiger partial charge in [0.05, 0.1) is 24.9 Å². The SMILES string of the molecule is O=C(Nc1cc(F)cc(F)c1F)NC1COCC1C(=O)O. The number of anilines is 1. The Morgan fingerprint density at radius 1 is 1.24 bits per heavy atom. The molecule has 6 nitrogen and oxygen atoms in total. The van der Waals surface area contributed by atoms with Crippen molar-refractivity contribution in [2.45, 2.75) is 6.04 Å². The minimum atomic E-state index is -1.45. The van der Waals surface area contributed by atoms with Crippen LogP contribution in [0.25, 0.3) is 0 Å². The molecule has 1 fully saturated rings. The van der Waals surface area contributed by atoms with Gasteiger partial charge in [0.2, 0.25) is 0 Å². The van der Waals surface area contributed by atoms with Crippen LogP contribution in [0.1, 0.15) is 0 Å². The lowest BCUT2D eigenvalue weighted by atomic mass is 10.0. The lowest BCUT2D eigenvalue weighted by Crippen LogP contribution is -2.44. The van der Waals surface area contributed by atoms with Crippen molar-refractivity contribution in [3.63, 3.8) is 0 Å². The quantitative estimate of drug-likeness (QED) is 0.735. The lowest BCUT2D eigenvalue weighted by molar-refractivity contribution is -0.142. The highest BCUT2D eigenvalue weighted by Crippen LogP contribution is 2.19. The van der Waals surface area contributed by atoms with Crippen molar-refractivity contribution in [1.29, 1.82) is 0 Å². The number of urea groups is 1. The van der Waals surface area contributed by atoms with Crippen molar-refractivity contribution in [2.24, 2.45) is 5.92 Å². The molecule has 0 spiro atoms. The molecule has 9 heteroatoms. The van der Waals surface area contributed by atoms with E-state index < -0.39 is 47.1 Å². The minimum absolute atomic E-state index is 0.0234. The van der Waals surface area contributed by atoms with Gasteiger partial charge in [0.25, 0.3) is 0 Å². The Balaban J connectivity index is 2.04. The predicted molar refractivity (Wildman–Crippen MR) is 64.2 cm³/mol. The first-order chi connectivity index (χ1) is 9.88.